The Morgan fingerprint density at radius 1 is 1.35 bits per heavy atom. The van der Waals surface area contributed by atoms with Crippen LogP contribution in [0.15, 0.2) is 18.2 Å². The molecular weight excluding hydrogens is 238 g/mol. The third-order valence-corrected chi connectivity index (χ3v) is 3.45. The van der Waals surface area contributed by atoms with Crippen molar-refractivity contribution in [2.75, 3.05) is 13.2 Å². The van der Waals surface area contributed by atoms with Crippen molar-refractivity contribution in [1.29, 1.82) is 0 Å². The van der Waals surface area contributed by atoms with Gasteiger partial charge in [0, 0.05) is 11.4 Å². The molecule has 0 unspecified atom stereocenters. The Kier molecular flexibility index (Phi) is 4.66. The van der Waals surface area contributed by atoms with Crippen LogP contribution in [0.4, 0.5) is 0 Å². The number of hydrogen-bond donors (Lipinski definition) is 1. The van der Waals surface area contributed by atoms with Crippen molar-refractivity contribution in [2.45, 2.75) is 25.7 Å². The average molecular weight is 256 g/mol. The van der Waals surface area contributed by atoms with Gasteiger partial charge in [0.05, 0.1) is 13.2 Å². The minimum absolute atomic E-state index is 0.472. The molecule has 0 spiro atoms. The lowest BCUT2D eigenvalue weighted by molar-refractivity contribution is 0.139. The van der Waals surface area contributed by atoms with Crippen LogP contribution in [0.1, 0.15) is 24.8 Å². The van der Waals surface area contributed by atoms with E-state index in [-0.39, 0.29) is 0 Å². The van der Waals surface area contributed by atoms with Crippen LogP contribution >= 0.6 is 11.6 Å². The summed E-state index contributed by atoms with van der Waals surface area (Å²) in [6, 6.07) is 5.69. The zero-order chi connectivity index (χ0) is 12.1. The van der Waals surface area contributed by atoms with Crippen LogP contribution in [0, 0.1) is 5.92 Å². The molecule has 1 aromatic carbocycles. The fraction of sp³-hybridized carbons (Fsp3) is 0.538. The lowest BCUT2D eigenvalue weighted by Gasteiger charge is -2.25. The molecule has 1 aliphatic carbocycles. The minimum Gasteiger partial charge on any atom is -0.493 e. The summed E-state index contributed by atoms with van der Waals surface area (Å²) in [5.41, 5.74) is 1.06. The molecule has 1 aliphatic rings. The monoisotopic (exact) mass is 255 g/mol. The van der Waals surface area contributed by atoms with E-state index >= 15 is 0 Å². The lowest BCUT2D eigenvalue weighted by Crippen LogP contribution is -2.19. The van der Waals surface area contributed by atoms with E-state index in [2.05, 4.69) is 4.84 Å². The van der Waals surface area contributed by atoms with Crippen LogP contribution in [-0.4, -0.2) is 13.2 Å². The van der Waals surface area contributed by atoms with Crippen LogP contribution in [0.3, 0.4) is 0 Å². The van der Waals surface area contributed by atoms with Gasteiger partial charge in [-0.2, -0.15) is 0 Å². The molecule has 0 radical (unpaired) electrons. The van der Waals surface area contributed by atoms with Crippen LogP contribution in [0.2, 0.25) is 5.02 Å². The highest BCUT2D eigenvalue weighted by Crippen LogP contribution is 2.29. The van der Waals surface area contributed by atoms with Gasteiger partial charge in [-0.3, -0.25) is 0 Å². The van der Waals surface area contributed by atoms with Gasteiger partial charge in [0.1, 0.15) is 5.75 Å². The zero-order valence-corrected chi connectivity index (χ0v) is 10.6. The highest BCUT2D eigenvalue weighted by molar-refractivity contribution is 6.30. The molecule has 0 saturated heterocycles. The Morgan fingerprint density at radius 3 is 2.82 bits per heavy atom. The lowest BCUT2D eigenvalue weighted by atomic mass is 9.86. The smallest absolute Gasteiger partial charge is 0.122 e. The van der Waals surface area contributed by atoms with Crippen LogP contribution in [0.25, 0.3) is 0 Å². The molecule has 1 aromatic rings. The second kappa shape index (κ2) is 6.24. The Labute approximate surface area is 107 Å². The zero-order valence-electron chi connectivity index (χ0n) is 9.82. The third-order valence-electron chi connectivity index (χ3n) is 3.21. The fourth-order valence-electron chi connectivity index (χ4n) is 1.92. The normalized spacial score (nSPS) is 15.6. The molecule has 1 saturated carbocycles. The largest absolute Gasteiger partial charge is 0.493 e. The fourth-order valence-corrected chi connectivity index (χ4v) is 2.11. The molecule has 0 amide bonds. The van der Waals surface area contributed by atoms with E-state index in [1.807, 2.05) is 18.2 Å². The number of nitrogens with two attached hydrogens (primary N) is 1. The van der Waals surface area contributed by atoms with E-state index in [0.717, 1.165) is 30.3 Å². The molecule has 0 heterocycles. The van der Waals surface area contributed by atoms with Gasteiger partial charge in [0.2, 0.25) is 0 Å². The topological polar surface area (TPSA) is 44.5 Å². The Morgan fingerprint density at radius 2 is 2.18 bits per heavy atom. The summed E-state index contributed by atoms with van der Waals surface area (Å²) in [6.45, 7) is 1.28. The van der Waals surface area contributed by atoms with E-state index in [4.69, 9.17) is 22.2 Å². The van der Waals surface area contributed by atoms with Crippen LogP contribution in [0.5, 0.6) is 5.75 Å². The average Bonchev–Trinajstić information content (AvgIpc) is 2.26. The first-order valence-electron chi connectivity index (χ1n) is 6.02. The van der Waals surface area contributed by atoms with Gasteiger partial charge in [-0.15, -0.1) is 0 Å². The predicted molar refractivity (Wildman–Crippen MR) is 68.1 cm³/mol. The Hall–Kier alpha value is -0.770. The molecule has 2 N–H and O–H groups in total. The van der Waals surface area contributed by atoms with E-state index < -0.39 is 0 Å². The molecule has 0 aromatic heterocycles. The number of rotatable bonds is 6. The number of ether oxygens (including phenoxy) is 1. The van der Waals surface area contributed by atoms with Gasteiger partial charge >= 0.3 is 0 Å². The maximum absolute atomic E-state index is 5.97. The second-order valence-electron chi connectivity index (χ2n) is 4.48. The summed E-state index contributed by atoms with van der Waals surface area (Å²) in [5, 5.41) is 0.716. The molecule has 94 valence electrons. The molecule has 0 bridgehead atoms. The first-order chi connectivity index (χ1) is 8.29. The van der Waals surface area contributed by atoms with E-state index in [0.29, 0.717) is 11.6 Å². The van der Waals surface area contributed by atoms with Crippen molar-refractivity contribution in [2.24, 2.45) is 11.8 Å². The van der Waals surface area contributed by atoms with Gasteiger partial charge < -0.3 is 9.57 Å². The molecule has 0 atom stereocenters. The maximum atomic E-state index is 5.97. The van der Waals surface area contributed by atoms with Gasteiger partial charge in [-0.1, -0.05) is 18.0 Å². The van der Waals surface area contributed by atoms with Crippen molar-refractivity contribution < 1.29 is 9.57 Å². The van der Waals surface area contributed by atoms with Gasteiger partial charge in [0.25, 0.3) is 0 Å². The van der Waals surface area contributed by atoms with Gasteiger partial charge in [0.15, 0.2) is 0 Å². The van der Waals surface area contributed by atoms with E-state index in [1.54, 1.807) is 0 Å². The van der Waals surface area contributed by atoms with Crippen molar-refractivity contribution in [3.63, 3.8) is 0 Å². The molecule has 1 fully saturated rings. The van der Waals surface area contributed by atoms with Crippen molar-refractivity contribution in [3.8, 4) is 5.75 Å². The van der Waals surface area contributed by atoms with Crippen LogP contribution < -0.4 is 10.6 Å². The van der Waals surface area contributed by atoms with Crippen molar-refractivity contribution >= 4 is 11.6 Å². The first-order valence-corrected chi connectivity index (χ1v) is 6.40. The Bertz CT molecular complexity index is 366. The maximum Gasteiger partial charge on any atom is 0.122 e. The first kappa shape index (κ1) is 12.7. The highest BCUT2D eigenvalue weighted by Gasteiger charge is 2.18. The highest BCUT2D eigenvalue weighted by atomic mass is 35.5. The molecule has 4 heteroatoms. The second-order valence-corrected chi connectivity index (χ2v) is 4.92. The summed E-state index contributed by atoms with van der Waals surface area (Å²) in [6.07, 6.45) is 4.63. The molecule has 3 nitrogen and oxygen atoms in total. The molecule has 17 heavy (non-hydrogen) atoms. The molecule has 0 aliphatic heterocycles. The van der Waals surface area contributed by atoms with Gasteiger partial charge in [-0.25, -0.2) is 5.90 Å². The summed E-state index contributed by atoms with van der Waals surface area (Å²) >= 11 is 5.97. The van der Waals surface area contributed by atoms with Crippen LogP contribution in [-0.2, 0) is 11.3 Å². The number of hydrogen-bond acceptors (Lipinski definition) is 3. The van der Waals surface area contributed by atoms with E-state index in [1.165, 1.54) is 19.3 Å². The summed E-state index contributed by atoms with van der Waals surface area (Å²) < 4.78 is 5.84. The van der Waals surface area contributed by atoms with Gasteiger partial charge in [-0.05, 0) is 42.5 Å². The number of halogens is 1. The van der Waals surface area contributed by atoms with Crippen molar-refractivity contribution in [1.82, 2.24) is 0 Å². The third kappa shape index (κ3) is 3.60. The summed E-state index contributed by atoms with van der Waals surface area (Å²) in [5.74, 6) is 6.67. The summed E-state index contributed by atoms with van der Waals surface area (Å²) in [7, 11) is 0. The SMILES string of the molecule is NOCCc1cc(Cl)ccc1OCC1CCC1. The van der Waals surface area contributed by atoms with E-state index in [9.17, 15) is 0 Å². The minimum atomic E-state index is 0.472. The quantitative estimate of drug-likeness (QED) is 0.795. The number of benzene rings is 1. The standard InChI is InChI=1S/C13H18ClNO2/c14-12-4-5-13(11(8-12)6-7-17-15)16-9-10-2-1-3-10/h4-5,8,10H,1-3,6-7,9,15H2. The molecule has 2 rings (SSSR count). The van der Waals surface area contributed by atoms with Crippen molar-refractivity contribution in [3.05, 3.63) is 28.8 Å². The summed E-state index contributed by atoms with van der Waals surface area (Å²) in [4.78, 5) is 4.60. The Balaban J connectivity index is 1.97. The predicted octanol–water partition coefficient (Wildman–Crippen LogP) is 2.95. The molecular formula is C13H18ClNO2.